The van der Waals surface area contributed by atoms with E-state index >= 15 is 0 Å². The van der Waals surface area contributed by atoms with Crippen LogP contribution in [0, 0.1) is 22.7 Å². The van der Waals surface area contributed by atoms with Gasteiger partial charge in [-0.25, -0.2) is 4.98 Å². The number of aromatic nitrogens is 1. The van der Waals surface area contributed by atoms with Crippen LogP contribution in [0.15, 0.2) is 35.4 Å². The molecule has 0 saturated carbocycles. The number of hydrogen-bond acceptors (Lipinski definition) is 8. The summed E-state index contributed by atoms with van der Waals surface area (Å²) in [5.41, 5.74) is 7.93. The molecule has 0 aliphatic carbocycles. The van der Waals surface area contributed by atoms with E-state index in [1.807, 2.05) is 37.3 Å². The van der Waals surface area contributed by atoms with Crippen LogP contribution in [0.5, 0.6) is 0 Å². The number of nitrogens with two attached hydrogens (primary N) is 1. The molecule has 34 heavy (non-hydrogen) atoms. The van der Waals surface area contributed by atoms with Gasteiger partial charge in [0.1, 0.15) is 28.2 Å². The number of rotatable bonds is 9. The lowest BCUT2D eigenvalue weighted by Gasteiger charge is -2.26. The molecular formula is C25H30N6O2S. The van der Waals surface area contributed by atoms with E-state index in [0.29, 0.717) is 47.1 Å². The van der Waals surface area contributed by atoms with Crippen molar-refractivity contribution in [2.45, 2.75) is 30.0 Å². The first-order valence-corrected chi connectivity index (χ1v) is 12.3. The van der Waals surface area contributed by atoms with Crippen molar-refractivity contribution in [3.8, 4) is 12.1 Å². The van der Waals surface area contributed by atoms with Crippen LogP contribution in [-0.4, -0.2) is 62.2 Å². The number of carbonyl (C=O) groups excluding carboxylic acids is 1. The summed E-state index contributed by atoms with van der Waals surface area (Å²) in [5, 5.41) is 19.7. The molecule has 0 radical (unpaired) electrons. The van der Waals surface area contributed by atoms with Gasteiger partial charge in [-0.2, -0.15) is 10.5 Å². The molecule has 1 fully saturated rings. The van der Waals surface area contributed by atoms with Gasteiger partial charge in [-0.3, -0.25) is 9.69 Å². The minimum absolute atomic E-state index is 0.339. The zero-order valence-corrected chi connectivity index (χ0v) is 20.5. The number of ether oxygens (including phenoxy) is 1. The summed E-state index contributed by atoms with van der Waals surface area (Å²) in [4.78, 5) is 21.6. The Hall–Kier alpha value is -3.11. The van der Waals surface area contributed by atoms with Gasteiger partial charge in [-0.05, 0) is 30.5 Å². The summed E-state index contributed by atoms with van der Waals surface area (Å²) in [7, 11) is 1.70. The maximum Gasteiger partial charge on any atom is 0.235 e. The molecule has 2 heterocycles. The van der Waals surface area contributed by atoms with Crippen molar-refractivity contribution in [3.63, 3.8) is 0 Å². The van der Waals surface area contributed by atoms with Gasteiger partial charge in [0.05, 0.1) is 17.7 Å². The highest BCUT2D eigenvalue weighted by atomic mass is 32.2. The smallest absolute Gasteiger partial charge is 0.235 e. The molecule has 1 aliphatic heterocycles. The van der Waals surface area contributed by atoms with Crippen molar-refractivity contribution in [2.75, 3.05) is 51.3 Å². The van der Waals surface area contributed by atoms with E-state index in [1.165, 1.54) is 11.8 Å². The highest BCUT2D eigenvalue weighted by Gasteiger charge is 2.28. The third-order valence-corrected chi connectivity index (χ3v) is 7.17. The van der Waals surface area contributed by atoms with Crippen LogP contribution in [0.4, 0.5) is 5.82 Å². The first kappa shape index (κ1) is 25.5. The summed E-state index contributed by atoms with van der Waals surface area (Å²) in [6.07, 6.45) is 1.43. The number of amides is 1. The number of carbonyl (C=O) groups is 1. The Balaban J connectivity index is 2.02. The third kappa shape index (κ3) is 5.87. The topological polar surface area (TPSA) is 119 Å². The van der Waals surface area contributed by atoms with Crippen LogP contribution in [0.2, 0.25) is 0 Å². The summed E-state index contributed by atoms with van der Waals surface area (Å²) in [5.74, 6) is 0.0696. The maximum atomic E-state index is 12.3. The van der Waals surface area contributed by atoms with E-state index in [2.05, 4.69) is 21.9 Å². The van der Waals surface area contributed by atoms with E-state index in [4.69, 9.17) is 15.5 Å². The number of primary amides is 1. The van der Waals surface area contributed by atoms with Gasteiger partial charge in [0.2, 0.25) is 5.91 Å². The molecule has 1 saturated heterocycles. The van der Waals surface area contributed by atoms with Crippen molar-refractivity contribution in [1.29, 1.82) is 10.5 Å². The lowest BCUT2D eigenvalue weighted by Crippen LogP contribution is -2.33. The highest BCUT2D eigenvalue weighted by Crippen LogP contribution is 2.39. The van der Waals surface area contributed by atoms with Crippen molar-refractivity contribution in [2.24, 2.45) is 5.73 Å². The Bertz CT molecular complexity index is 1080. The second-order valence-electron chi connectivity index (χ2n) is 8.03. The molecular weight excluding hydrogens is 448 g/mol. The summed E-state index contributed by atoms with van der Waals surface area (Å²) >= 11 is 1.17. The van der Waals surface area contributed by atoms with E-state index in [0.717, 1.165) is 38.2 Å². The standard InChI is InChI=1S/C25H30N6O2S/c1-3-19-20(16-26)24(31-11-7-10-30(12-13-31)14-15-33-2)29-25(21(19)17-27)34-22(23(28)32)18-8-5-4-6-9-18/h4-6,8-9,22H,3,7,10-15H2,1-2H3,(H2,28,32). The fourth-order valence-corrected chi connectivity index (χ4v) is 5.21. The molecule has 2 aromatic rings. The predicted molar refractivity (Wildman–Crippen MR) is 132 cm³/mol. The molecule has 2 N–H and O–H groups in total. The van der Waals surface area contributed by atoms with Crippen LogP contribution >= 0.6 is 11.8 Å². The monoisotopic (exact) mass is 478 g/mol. The Labute approximate surface area is 205 Å². The molecule has 1 unspecified atom stereocenters. The lowest BCUT2D eigenvalue weighted by atomic mass is 10.0. The molecule has 1 atom stereocenters. The number of nitriles is 2. The summed E-state index contributed by atoms with van der Waals surface area (Å²) < 4.78 is 5.22. The number of hydrogen-bond donors (Lipinski definition) is 1. The zero-order valence-electron chi connectivity index (χ0n) is 19.7. The van der Waals surface area contributed by atoms with Gasteiger partial charge in [0.25, 0.3) is 0 Å². The normalized spacial score (nSPS) is 15.2. The summed E-state index contributed by atoms with van der Waals surface area (Å²) in [6, 6.07) is 13.8. The molecule has 1 amide bonds. The minimum atomic E-state index is -0.694. The van der Waals surface area contributed by atoms with Gasteiger partial charge < -0.3 is 15.4 Å². The average Bonchev–Trinajstić information content (AvgIpc) is 3.10. The number of anilines is 1. The van der Waals surface area contributed by atoms with E-state index < -0.39 is 11.2 Å². The Morgan fingerprint density at radius 3 is 2.53 bits per heavy atom. The number of methoxy groups -OCH3 is 1. The third-order valence-electron chi connectivity index (χ3n) is 5.92. The van der Waals surface area contributed by atoms with Crippen LogP contribution in [-0.2, 0) is 16.0 Å². The van der Waals surface area contributed by atoms with Crippen LogP contribution in [0.25, 0.3) is 0 Å². The van der Waals surface area contributed by atoms with Gasteiger partial charge in [-0.1, -0.05) is 49.0 Å². The second kappa shape index (κ2) is 12.4. The largest absolute Gasteiger partial charge is 0.383 e. The van der Waals surface area contributed by atoms with Gasteiger partial charge in [0, 0.05) is 33.3 Å². The maximum absolute atomic E-state index is 12.3. The SMILES string of the molecule is CCc1c(C#N)c(SC(C(N)=O)c2ccccc2)nc(N2CCCN(CCOC)CC2)c1C#N. The van der Waals surface area contributed by atoms with Crippen LogP contribution in [0.3, 0.4) is 0 Å². The molecule has 9 heteroatoms. The average molecular weight is 479 g/mol. The molecule has 0 spiro atoms. The van der Waals surface area contributed by atoms with Gasteiger partial charge in [0.15, 0.2) is 0 Å². The van der Waals surface area contributed by atoms with Crippen molar-refractivity contribution < 1.29 is 9.53 Å². The fourth-order valence-electron chi connectivity index (χ4n) is 4.15. The molecule has 1 aromatic carbocycles. The molecule has 3 rings (SSSR count). The van der Waals surface area contributed by atoms with Crippen molar-refractivity contribution >= 4 is 23.5 Å². The highest BCUT2D eigenvalue weighted by molar-refractivity contribution is 8.00. The van der Waals surface area contributed by atoms with Gasteiger partial charge in [-0.15, -0.1) is 0 Å². The van der Waals surface area contributed by atoms with E-state index in [-0.39, 0.29) is 0 Å². The Morgan fingerprint density at radius 2 is 1.91 bits per heavy atom. The molecule has 0 bridgehead atoms. The van der Waals surface area contributed by atoms with Crippen molar-refractivity contribution in [3.05, 3.63) is 52.6 Å². The fraction of sp³-hybridized carbons (Fsp3) is 0.440. The number of nitrogens with zero attached hydrogens (tertiary/aromatic N) is 5. The Morgan fingerprint density at radius 1 is 1.18 bits per heavy atom. The van der Waals surface area contributed by atoms with Crippen LogP contribution < -0.4 is 10.6 Å². The molecule has 178 valence electrons. The van der Waals surface area contributed by atoms with E-state index in [9.17, 15) is 15.3 Å². The lowest BCUT2D eigenvalue weighted by molar-refractivity contribution is -0.117. The van der Waals surface area contributed by atoms with Crippen LogP contribution in [0.1, 0.15) is 40.8 Å². The first-order valence-electron chi connectivity index (χ1n) is 11.4. The molecule has 1 aliphatic rings. The minimum Gasteiger partial charge on any atom is -0.383 e. The first-order chi connectivity index (χ1) is 16.5. The zero-order chi connectivity index (χ0) is 24.5. The number of pyridine rings is 1. The van der Waals surface area contributed by atoms with Gasteiger partial charge >= 0.3 is 0 Å². The van der Waals surface area contributed by atoms with E-state index in [1.54, 1.807) is 7.11 Å². The number of thioether (sulfide) groups is 1. The molecule has 8 nitrogen and oxygen atoms in total. The predicted octanol–water partition coefficient (Wildman–Crippen LogP) is 2.86. The Kier molecular flexibility index (Phi) is 9.29. The summed E-state index contributed by atoms with van der Waals surface area (Å²) in [6.45, 7) is 6.69. The number of benzene rings is 1. The molecule has 1 aromatic heterocycles. The second-order valence-corrected chi connectivity index (χ2v) is 9.13. The van der Waals surface area contributed by atoms with Crippen molar-refractivity contribution in [1.82, 2.24) is 9.88 Å². The quantitative estimate of drug-likeness (QED) is 0.547.